The van der Waals surface area contributed by atoms with Crippen molar-refractivity contribution in [1.29, 1.82) is 0 Å². The predicted octanol–water partition coefficient (Wildman–Crippen LogP) is 1.53. The van der Waals surface area contributed by atoms with E-state index in [1.54, 1.807) is 0 Å². The minimum atomic E-state index is -1.09. The third-order valence-electron chi connectivity index (χ3n) is 2.92. The van der Waals surface area contributed by atoms with Crippen LogP contribution in [-0.2, 0) is 10.5 Å². The summed E-state index contributed by atoms with van der Waals surface area (Å²) in [7, 11) is 0. The second-order valence-corrected chi connectivity index (χ2v) is 3.88. The van der Waals surface area contributed by atoms with Gasteiger partial charge in [-0.05, 0) is 6.54 Å². The van der Waals surface area contributed by atoms with Gasteiger partial charge in [0, 0.05) is 18.5 Å². The van der Waals surface area contributed by atoms with E-state index in [0.717, 1.165) is 18.7 Å². The van der Waals surface area contributed by atoms with Crippen molar-refractivity contribution < 1.29 is 9.84 Å². The zero-order chi connectivity index (χ0) is 10.7. The molecule has 0 radical (unpaired) electrons. The zero-order valence-corrected chi connectivity index (χ0v) is 9.02. The first-order chi connectivity index (χ1) is 7.24. The second-order valence-electron chi connectivity index (χ2n) is 3.88. The fourth-order valence-corrected chi connectivity index (χ4v) is 1.82. The molecule has 15 heavy (non-hydrogen) atoms. The maximum atomic E-state index is 10.3. The summed E-state index contributed by atoms with van der Waals surface area (Å²) in [4.78, 5) is 2.16. The van der Waals surface area contributed by atoms with Crippen LogP contribution < -0.4 is 0 Å². The molecule has 0 saturated carbocycles. The first-order valence-electron chi connectivity index (χ1n) is 5.39. The highest BCUT2D eigenvalue weighted by atomic mass is 16.6. The number of hydrogen-bond acceptors (Lipinski definition) is 3. The van der Waals surface area contributed by atoms with E-state index < -0.39 is 5.79 Å². The van der Waals surface area contributed by atoms with Gasteiger partial charge in [-0.25, -0.2) is 0 Å². The molecule has 3 nitrogen and oxygen atoms in total. The average molecular weight is 207 g/mol. The van der Waals surface area contributed by atoms with Crippen LogP contribution in [0.5, 0.6) is 0 Å². The molecular formula is C12H17NO2. The van der Waals surface area contributed by atoms with Crippen LogP contribution in [0.25, 0.3) is 0 Å². The summed E-state index contributed by atoms with van der Waals surface area (Å²) in [5.41, 5.74) is 0.848. The molecule has 1 aliphatic heterocycles. The maximum absolute atomic E-state index is 10.3. The van der Waals surface area contributed by atoms with Crippen molar-refractivity contribution in [3.8, 4) is 0 Å². The summed E-state index contributed by atoms with van der Waals surface area (Å²) >= 11 is 0. The first kappa shape index (κ1) is 10.6. The van der Waals surface area contributed by atoms with Crippen LogP contribution in [0.15, 0.2) is 30.3 Å². The molecule has 0 amide bonds. The quantitative estimate of drug-likeness (QED) is 0.798. The third-order valence-corrected chi connectivity index (χ3v) is 2.92. The van der Waals surface area contributed by atoms with Crippen LogP contribution in [0.1, 0.15) is 18.9 Å². The van der Waals surface area contributed by atoms with Gasteiger partial charge in [-0.2, -0.15) is 0 Å². The molecular weight excluding hydrogens is 190 g/mol. The lowest BCUT2D eigenvalue weighted by atomic mass is 10.0. The summed E-state index contributed by atoms with van der Waals surface area (Å²) in [5, 5.41) is 10.3. The average Bonchev–Trinajstić information content (AvgIpc) is 2.31. The predicted molar refractivity (Wildman–Crippen MR) is 58.2 cm³/mol. The van der Waals surface area contributed by atoms with Crippen LogP contribution in [0.3, 0.4) is 0 Å². The smallest absolute Gasteiger partial charge is 0.195 e. The Morgan fingerprint density at radius 1 is 1.40 bits per heavy atom. The van der Waals surface area contributed by atoms with Crippen molar-refractivity contribution in [3.05, 3.63) is 35.9 Å². The summed E-state index contributed by atoms with van der Waals surface area (Å²) in [6.45, 7) is 4.44. The maximum Gasteiger partial charge on any atom is 0.195 e. The van der Waals surface area contributed by atoms with Gasteiger partial charge in [-0.15, -0.1) is 0 Å². The van der Waals surface area contributed by atoms with Gasteiger partial charge < -0.3 is 9.84 Å². The summed E-state index contributed by atoms with van der Waals surface area (Å²) in [6, 6.07) is 9.59. The van der Waals surface area contributed by atoms with E-state index in [2.05, 4.69) is 11.8 Å². The van der Waals surface area contributed by atoms with Gasteiger partial charge in [0.25, 0.3) is 0 Å². The molecule has 0 aromatic heterocycles. The van der Waals surface area contributed by atoms with E-state index in [-0.39, 0.29) is 0 Å². The van der Waals surface area contributed by atoms with Crippen LogP contribution >= 0.6 is 0 Å². The fraction of sp³-hybridized carbons (Fsp3) is 0.500. The van der Waals surface area contributed by atoms with Crippen LogP contribution in [-0.4, -0.2) is 29.8 Å². The van der Waals surface area contributed by atoms with Gasteiger partial charge in [0.2, 0.25) is 0 Å². The molecule has 2 rings (SSSR count). The molecule has 1 aromatic rings. The molecule has 1 aliphatic rings. The van der Waals surface area contributed by atoms with Gasteiger partial charge >= 0.3 is 0 Å². The van der Waals surface area contributed by atoms with Gasteiger partial charge in [0.05, 0.1) is 0 Å². The van der Waals surface area contributed by atoms with Gasteiger partial charge in [-0.1, -0.05) is 37.3 Å². The van der Waals surface area contributed by atoms with Crippen LogP contribution in [0.4, 0.5) is 0 Å². The third kappa shape index (κ3) is 2.20. The highest BCUT2D eigenvalue weighted by Gasteiger charge is 2.34. The number of nitrogens with zero attached hydrogens (tertiary/aromatic N) is 1. The largest absolute Gasteiger partial charge is 0.362 e. The molecule has 1 atom stereocenters. The Labute approximate surface area is 90.3 Å². The van der Waals surface area contributed by atoms with Crippen molar-refractivity contribution in [1.82, 2.24) is 4.90 Å². The van der Waals surface area contributed by atoms with Crippen molar-refractivity contribution in [2.45, 2.75) is 19.1 Å². The first-order valence-corrected chi connectivity index (χ1v) is 5.39. The van der Waals surface area contributed by atoms with Crippen molar-refractivity contribution in [2.24, 2.45) is 0 Å². The molecule has 1 N–H and O–H groups in total. The van der Waals surface area contributed by atoms with E-state index >= 15 is 0 Å². The summed E-state index contributed by atoms with van der Waals surface area (Å²) < 4.78 is 5.54. The topological polar surface area (TPSA) is 32.7 Å². The minimum Gasteiger partial charge on any atom is -0.362 e. The highest BCUT2D eigenvalue weighted by Crippen LogP contribution is 2.29. The highest BCUT2D eigenvalue weighted by molar-refractivity contribution is 5.20. The lowest BCUT2D eigenvalue weighted by molar-refractivity contribution is -0.263. The molecule has 82 valence electrons. The number of ether oxygens (including phenoxy) is 1. The molecule has 1 heterocycles. The van der Waals surface area contributed by atoms with Crippen molar-refractivity contribution >= 4 is 0 Å². The molecule has 1 fully saturated rings. The van der Waals surface area contributed by atoms with Gasteiger partial charge in [-0.3, -0.25) is 4.90 Å². The van der Waals surface area contributed by atoms with Crippen LogP contribution in [0.2, 0.25) is 0 Å². The number of aliphatic hydroxyl groups is 1. The zero-order valence-electron chi connectivity index (χ0n) is 9.02. The summed E-state index contributed by atoms with van der Waals surface area (Å²) in [5.74, 6) is -1.09. The standard InChI is InChI=1S/C12H17NO2/c1-2-13-9-8-12(14,15-10-13)11-6-4-3-5-7-11/h3-7,14H,2,8-10H2,1H3. The van der Waals surface area contributed by atoms with E-state index in [1.165, 1.54) is 0 Å². The van der Waals surface area contributed by atoms with E-state index in [9.17, 15) is 5.11 Å². The molecule has 1 unspecified atom stereocenters. The van der Waals surface area contributed by atoms with Gasteiger partial charge in [0.1, 0.15) is 6.73 Å². The Hall–Kier alpha value is -0.900. The molecule has 3 heteroatoms. The second kappa shape index (κ2) is 4.31. The van der Waals surface area contributed by atoms with Crippen molar-refractivity contribution in [3.63, 3.8) is 0 Å². The minimum absolute atomic E-state index is 0.502. The SMILES string of the molecule is CCN1CCC(O)(c2ccccc2)OC1. The number of rotatable bonds is 2. The fourth-order valence-electron chi connectivity index (χ4n) is 1.82. The summed E-state index contributed by atoms with van der Waals surface area (Å²) in [6.07, 6.45) is 0.630. The van der Waals surface area contributed by atoms with Crippen molar-refractivity contribution in [2.75, 3.05) is 19.8 Å². The lowest BCUT2D eigenvalue weighted by Gasteiger charge is -2.37. The molecule has 1 aromatic carbocycles. The van der Waals surface area contributed by atoms with E-state index in [0.29, 0.717) is 13.2 Å². The lowest BCUT2D eigenvalue weighted by Crippen LogP contribution is -2.44. The number of benzene rings is 1. The normalized spacial score (nSPS) is 27.9. The van der Waals surface area contributed by atoms with Crippen LogP contribution in [0, 0.1) is 0 Å². The number of hydrogen-bond donors (Lipinski definition) is 1. The Morgan fingerprint density at radius 2 is 2.13 bits per heavy atom. The Balaban J connectivity index is 2.10. The monoisotopic (exact) mass is 207 g/mol. The van der Waals surface area contributed by atoms with E-state index in [1.807, 2.05) is 30.3 Å². The molecule has 0 bridgehead atoms. The Morgan fingerprint density at radius 3 is 2.67 bits per heavy atom. The molecule has 1 saturated heterocycles. The van der Waals surface area contributed by atoms with Gasteiger partial charge in [0.15, 0.2) is 5.79 Å². The Bertz CT molecular complexity index is 305. The molecule has 0 spiro atoms. The Kier molecular flexibility index (Phi) is 3.05. The molecule has 0 aliphatic carbocycles. The van der Waals surface area contributed by atoms with E-state index in [4.69, 9.17) is 4.74 Å².